The number of amides is 1. The van der Waals surface area contributed by atoms with Crippen LogP contribution in [0.5, 0.6) is 0 Å². The van der Waals surface area contributed by atoms with Crippen molar-refractivity contribution in [3.63, 3.8) is 0 Å². The molecule has 0 aliphatic rings. The summed E-state index contributed by atoms with van der Waals surface area (Å²) < 4.78 is 5.72. The minimum Gasteiger partial charge on any atom is -0.444 e. The highest BCUT2D eigenvalue weighted by molar-refractivity contribution is 9.10. The van der Waals surface area contributed by atoms with E-state index in [1.165, 1.54) is 4.90 Å². The molecular weight excluding hydrogens is 288 g/mol. The van der Waals surface area contributed by atoms with Crippen LogP contribution in [0.15, 0.2) is 21.2 Å². The van der Waals surface area contributed by atoms with Crippen LogP contribution in [0.1, 0.15) is 22.2 Å². The van der Waals surface area contributed by atoms with Gasteiger partial charge in [0.1, 0.15) is 5.82 Å². The SMILES string of the molecule is Cc1nc(CN(C)C(=O)c2ccc(Br)o2)n[nH]1. The Hall–Kier alpha value is -1.63. The lowest BCUT2D eigenvalue weighted by Crippen LogP contribution is -2.26. The van der Waals surface area contributed by atoms with E-state index in [2.05, 4.69) is 31.1 Å². The van der Waals surface area contributed by atoms with E-state index in [1.54, 1.807) is 19.2 Å². The van der Waals surface area contributed by atoms with Crippen LogP contribution in [0.4, 0.5) is 0 Å². The molecule has 0 saturated carbocycles. The first-order valence-electron chi connectivity index (χ1n) is 4.95. The van der Waals surface area contributed by atoms with Crippen LogP contribution in [0.3, 0.4) is 0 Å². The summed E-state index contributed by atoms with van der Waals surface area (Å²) in [5.74, 6) is 1.37. The summed E-state index contributed by atoms with van der Waals surface area (Å²) in [6.07, 6.45) is 0. The summed E-state index contributed by atoms with van der Waals surface area (Å²) in [6, 6.07) is 3.30. The summed E-state index contributed by atoms with van der Waals surface area (Å²) in [5.41, 5.74) is 0. The van der Waals surface area contributed by atoms with Gasteiger partial charge in [0.15, 0.2) is 16.3 Å². The highest BCUT2D eigenvalue weighted by Crippen LogP contribution is 2.15. The number of hydrogen-bond donors (Lipinski definition) is 1. The quantitative estimate of drug-likeness (QED) is 0.936. The van der Waals surface area contributed by atoms with Crippen molar-refractivity contribution >= 4 is 21.8 Å². The van der Waals surface area contributed by atoms with Gasteiger partial charge in [-0.1, -0.05) is 0 Å². The van der Waals surface area contributed by atoms with Gasteiger partial charge in [-0.2, -0.15) is 5.10 Å². The molecule has 0 saturated heterocycles. The molecule has 0 aromatic carbocycles. The van der Waals surface area contributed by atoms with Crippen LogP contribution < -0.4 is 0 Å². The average molecular weight is 299 g/mol. The molecule has 7 heteroatoms. The maximum absolute atomic E-state index is 11.9. The van der Waals surface area contributed by atoms with Crippen molar-refractivity contribution in [3.05, 3.63) is 34.2 Å². The molecule has 6 nitrogen and oxygen atoms in total. The number of carbonyl (C=O) groups excluding carboxylic acids is 1. The van der Waals surface area contributed by atoms with Crippen LogP contribution in [-0.2, 0) is 6.54 Å². The van der Waals surface area contributed by atoms with Gasteiger partial charge >= 0.3 is 0 Å². The van der Waals surface area contributed by atoms with Crippen molar-refractivity contribution in [2.75, 3.05) is 7.05 Å². The van der Waals surface area contributed by atoms with Crippen LogP contribution in [-0.4, -0.2) is 33.0 Å². The lowest BCUT2D eigenvalue weighted by Gasteiger charge is -2.12. The molecule has 90 valence electrons. The number of H-pyrrole nitrogens is 1. The van der Waals surface area contributed by atoms with Gasteiger partial charge in [0.05, 0.1) is 6.54 Å². The maximum Gasteiger partial charge on any atom is 0.289 e. The van der Waals surface area contributed by atoms with Gasteiger partial charge in [-0.3, -0.25) is 9.89 Å². The number of hydrogen-bond acceptors (Lipinski definition) is 4. The number of rotatable bonds is 3. The molecule has 0 bridgehead atoms. The van der Waals surface area contributed by atoms with E-state index in [4.69, 9.17) is 4.42 Å². The minimum atomic E-state index is -0.210. The Morgan fingerprint density at radius 2 is 2.35 bits per heavy atom. The fraction of sp³-hybridized carbons (Fsp3) is 0.300. The number of nitrogens with zero attached hydrogens (tertiary/aromatic N) is 3. The molecule has 0 spiro atoms. The number of aromatic amines is 1. The van der Waals surface area contributed by atoms with Crippen molar-refractivity contribution in [1.29, 1.82) is 0 Å². The largest absolute Gasteiger partial charge is 0.444 e. The highest BCUT2D eigenvalue weighted by atomic mass is 79.9. The number of aryl methyl sites for hydroxylation is 1. The summed E-state index contributed by atoms with van der Waals surface area (Å²) in [6.45, 7) is 2.14. The zero-order valence-electron chi connectivity index (χ0n) is 9.40. The third-order valence-corrected chi connectivity index (χ3v) is 2.58. The molecule has 2 rings (SSSR count). The lowest BCUT2D eigenvalue weighted by atomic mass is 10.4. The Morgan fingerprint density at radius 1 is 1.59 bits per heavy atom. The second-order valence-corrected chi connectivity index (χ2v) is 4.38. The third kappa shape index (κ3) is 2.73. The van der Waals surface area contributed by atoms with E-state index in [1.807, 2.05) is 6.92 Å². The topological polar surface area (TPSA) is 75.0 Å². The van der Waals surface area contributed by atoms with Gasteiger partial charge in [0.25, 0.3) is 5.91 Å². The summed E-state index contributed by atoms with van der Waals surface area (Å²) >= 11 is 3.15. The van der Waals surface area contributed by atoms with E-state index in [0.717, 1.165) is 5.82 Å². The predicted octanol–water partition coefficient (Wildman–Crippen LogP) is 1.74. The number of carbonyl (C=O) groups is 1. The number of aromatic nitrogens is 3. The van der Waals surface area contributed by atoms with E-state index in [-0.39, 0.29) is 11.7 Å². The van der Waals surface area contributed by atoms with Crippen molar-refractivity contribution in [2.24, 2.45) is 0 Å². The van der Waals surface area contributed by atoms with Gasteiger partial charge in [-0.25, -0.2) is 4.98 Å². The Labute approximate surface area is 106 Å². The van der Waals surface area contributed by atoms with Crippen LogP contribution in [0.2, 0.25) is 0 Å². The van der Waals surface area contributed by atoms with E-state index in [0.29, 0.717) is 17.0 Å². The molecule has 0 radical (unpaired) electrons. The first kappa shape index (κ1) is 11.8. The number of nitrogens with one attached hydrogen (secondary N) is 1. The van der Waals surface area contributed by atoms with Crippen molar-refractivity contribution in [3.8, 4) is 0 Å². The summed E-state index contributed by atoms with van der Waals surface area (Å²) in [4.78, 5) is 17.5. The molecule has 1 N–H and O–H groups in total. The zero-order chi connectivity index (χ0) is 12.4. The maximum atomic E-state index is 11.9. The van der Waals surface area contributed by atoms with Gasteiger partial charge in [0.2, 0.25) is 0 Å². The van der Waals surface area contributed by atoms with Crippen molar-refractivity contribution in [2.45, 2.75) is 13.5 Å². The molecule has 17 heavy (non-hydrogen) atoms. The summed E-state index contributed by atoms with van der Waals surface area (Å²) in [5, 5.41) is 6.69. The van der Waals surface area contributed by atoms with Gasteiger partial charge in [0, 0.05) is 7.05 Å². The first-order chi connectivity index (χ1) is 8.06. The second-order valence-electron chi connectivity index (χ2n) is 3.60. The number of furan rings is 1. The van der Waals surface area contributed by atoms with Crippen LogP contribution in [0.25, 0.3) is 0 Å². The van der Waals surface area contributed by atoms with Gasteiger partial charge < -0.3 is 9.32 Å². The minimum absolute atomic E-state index is 0.210. The van der Waals surface area contributed by atoms with E-state index >= 15 is 0 Å². The zero-order valence-corrected chi connectivity index (χ0v) is 11.0. The van der Waals surface area contributed by atoms with E-state index in [9.17, 15) is 4.79 Å². The fourth-order valence-corrected chi connectivity index (χ4v) is 1.67. The Balaban J connectivity index is 2.05. The van der Waals surface area contributed by atoms with Crippen molar-refractivity contribution in [1.82, 2.24) is 20.1 Å². The third-order valence-electron chi connectivity index (χ3n) is 2.15. The van der Waals surface area contributed by atoms with Gasteiger partial charge in [-0.15, -0.1) is 0 Å². The molecule has 0 aliphatic heterocycles. The molecule has 2 aromatic heterocycles. The molecule has 2 heterocycles. The lowest BCUT2D eigenvalue weighted by molar-refractivity contribution is 0.0748. The Morgan fingerprint density at radius 3 is 2.88 bits per heavy atom. The molecule has 2 aromatic rings. The van der Waals surface area contributed by atoms with Crippen molar-refractivity contribution < 1.29 is 9.21 Å². The standard InChI is InChI=1S/C10H11BrN4O2/c1-6-12-9(14-13-6)5-15(2)10(16)7-3-4-8(11)17-7/h3-4H,5H2,1-2H3,(H,12,13,14). The van der Waals surface area contributed by atoms with E-state index < -0.39 is 0 Å². The Bertz CT molecular complexity index is 534. The highest BCUT2D eigenvalue weighted by Gasteiger charge is 2.17. The normalized spacial score (nSPS) is 10.5. The average Bonchev–Trinajstić information content (AvgIpc) is 2.87. The second kappa shape index (κ2) is 4.70. The molecule has 0 fully saturated rings. The van der Waals surface area contributed by atoms with Crippen LogP contribution >= 0.6 is 15.9 Å². The van der Waals surface area contributed by atoms with Crippen LogP contribution in [0, 0.1) is 6.92 Å². The molecule has 1 amide bonds. The van der Waals surface area contributed by atoms with Gasteiger partial charge in [-0.05, 0) is 35.0 Å². The molecular formula is C10H11BrN4O2. The molecule has 0 unspecified atom stereocenters. The fourth-order valence-electron chi connectivity index (χ4n) is 1.36. The monoisotopic (exact) mass is 298 g/mol. The predicted molar refractivity (Wildman–Crippen MR) is 63.3 cm³/mol. The molecule has 0 aliphatic carbocycles. The Kier molecular flexibility index (Phi) is 3.28. The summed E-state index contributed by atoms with van der Waals surface area (Å²) in [7, 11) is 1.67. The number of halogens is 1. The smallest absolute Gasteiger partial charge is 0.289 e. The molecule has 0 atom stereocenters. The first-order valence-corrected chi connectivity index (χ1v) is 5.74.